The number of halogens is 3. The van der Waals surface area contributed by atoms with Crippen molar-refractivity contribution in [2.45, 2.75) is 31.2 Å². The van der Waals surface area contributed by atoms with Gasteiger partial charge in [0.2, 0.25) is 5.91 Å². The van der Waals surface area contributed by atoms with Gasteiger partial charge in [-0.3, -0.25) is 9.52 Å². The quantitative estimate of drug-likeness (QED) is 0.739. The Bertz CT molecular complexity index is 1010. The van der Waals surface area contributed by atoms with Crippen molar-refractivity contribution >= 4 is 54.8 Å². The lowest BCUT2D eigenvalue weighted by Gasteiger charge is -2.21. The van der Waals surface area contributed by atoms with Crippen molar-refractivity contribution in [3.8, 4) is 0 Å². The molecular weight excluding hydrogens is 447 g/mol. The molecular formula is C17H15BrClFN2O3S. The highest BCUT2D eigenvalue weighted by Gasteiger charge is 2.32. The van der Waals surface area contributed by atoms with Gasteiger partial charge in [-0.15, -0.1) is 0 Å². The molecule has 5 nitrogen and oxygen atoms in total. The average molecular weight is 462 g/mol. The first-order valence-corrected chi connectivity index (χ1v) is 10.4. The minimum Gasteiger partial charge on any atom is -0.309 e. The fourth-order valence-corrected chi connectivity index (χ4v) is 5.54. The van der Waals surface area contributed by atoms with E-state index in [1.54, 1.807) is 11.0 Å². The molecule has 0 spiro atoms. The Kier molecular flexibility index (Phi) is 5.02. The molecule has 2 aromatic carbocycles. The van der Waals surface area contributed by atoms with Gasteiger partial charge in [-0.2, -0.15) is 0 Å². The molecule has 1 aliphatic rings. The highest BCUT2D eigenvalue weighted by Crippen LogP contribution is 2.38. The highest BCUT2D eigenvalue weighted by atomic mass is 79.9. The molecule has 0 unspecified atom stereocenters. The lowest BCUT2D eigenvalue weighted by molar-refractivity contribution is -0.116. The standard InChI is InChI=1S/C17H15BrClFN2O3S/c1-9-5-11-6-13(18)17(8-16(11)22(9)10(2)23)26(24,25)21-15-4-3-12(20)7-14(15)19/h3-4,6-9,21H,5H2,1-2H3/t9-/m0/s1. The molecule has 0 fully saturated rings. The van der Waals surface area contributed by atoms with Crippen LogP contribution in [0.15, 0.2) is 39.7 Å². The van der Waals surface area contributed by atoms with Crippen LogP contribution in [0, 0.1) is 5.82 Å². The number of sulfonamides is 1. The van der Waals surface area contributed by atoms with Crippen LogP contribution in [0.5, 0.6) is 0 Å². The van der Waals surface area contributed by atoms with E-state index in [9.17, 15) is 17.6 Å². The second kappa shape index (κ2) is 6.83. The number of anilines is 2. The Morgan fingerprint density at radius 2 is 2.04 bits per heavy atom. The third-order valence-electron chi connectivity index (χ3n) is 4.15. The number of rotatable bonds is 3. The van der Waals surface area contributed by atoms with Gasteiger partial charge in [-0.1, -0.05) is 11.6 Å². The topological polar surface area (TPSA) is 66.5 Å². The smallest absolute Gasteiger partial charge is 0.263 e. The molecule has 0 aliphatic carbocycles. The molecule has 9 heteroatoms. The molecule has 26 heavy (non-hydrogen) atoms. The number of nitrogens with one attached hydrogen (secondary N) is 1. The second-order valence-corrected chi connectivity index (χ2v) is 9.00. The van der Waals surface area contributed by atoms with Crippen molar-refractivity contribution in [3.05, 3.63) is 51.2 Å². The number of nitrogens with zero attached hydrogens (tertiary/aromatic N) is 1. The van der Waals surface area contributed by atoms with E-state index in [4.69, 9.17) is 11.6 Å². The monoisotopic (exact) mass is 460 g/mol. The van der Waals surface area contributed by atoms with Gasteiger partial charge in [0.05, 0.1) is 10.7 Å². The number of benzene rings is 2. The highest BCUT2D eigenvalue weighted by molar-refractivity contribution is 9.10. The number of amides is 1. The predicted octanol–water partition coefficient (Wildman–Crippen LogP) is 4.34. The summed E-state index contributed by atoms with van der Waals surface area (Å²) in [4.78, 5) is 13.5. The summed E-state index contributed by atoms with van der Waals surface area (Å²) in [5.41, 5.74) is 1.52. The van der Waals surface area contributed by atoms with Crippen molar-refractivity contribution in [3.63, 3.8) is 0 Å². The normalized spacial score (nSPS) is 16.5. The van der Waals surface area contributed by atoms with E-state index >= 15 is 0 Å². The van der Waals surface area contributed by atoms with Crippen molar-refractivity contribution in [1.29, 1.82) is 0 Å². The van der Waals surface area contributed by atoms with E-state index in [-0.39, 0.29) is 27.6 Å². The van der Waals surface area contributed by atoms with Gasteiger partial charge in [0, 0.05) is 23.1 Å². The van der Waals surface area contributed by atoms with Crippen LogP contribution in [0.3, 0.4) is 0 Å². The predicted molar refractivity (Wildman–Crippen MR) is 103 cm³/mol. The first-order chi connectivity index (χ1) is 12.1. The van der Waals surface area contributed by atoms with Crippen molar-refractivity contribution in [2.24, 2.45) is 0 Å². The van der Waals surface area contributed by atoms with Crippen LogP contribution >= 0.6 is 27.5 Å². The van der Waals surface area contributed by atoms with Gasteiger partial charge in [-0.05, 0) is 65.2 Å². The SMILES string of the molecule is CC(=O)N1c2cc(S(=O)(=O)Nc3ccc(F)cc3Cl)c(Br)cc2C[C@@H]1C. The van der Waals surface area contributed by atoms with Crippen molar-refractivity contribution < 1.29 is 17.6 Å². The average Bonchev–Trinajstić information content (AvgIpc) is 2.84. The van der Waals surface area contributed by atoms with Crippen LogP contribution < -0.4 is 9.62 Å². The second-order valence-electron chi connectivity index (χ2n) is 6.08. The Morgan fingerprint density at radius 1 is 1.35 bits per heavy atom. The zero-order chi connectivity index (χ0) is 19.2. The molecule has 138 valence electrons. The van der Waals surface area contributed by atoms with Gasteiger partial charge in [0.15, 0.2) is 0 Å². The Morgan fingerprint density at radius 3 is 2.65 bits per heavy atom. The number of hydrogen-bond acceptors (Lipinski definition) is 3. The first kappa shape index (κ1) is 19.1. The third kappa shape index (κ3) is 3.45. The van der Waals surface area contributed by atoms with E-state index in [2.05, 4.69) is 20.7 Å². The molecule has 1 heterocycles. The molecule has 0 bridgehead atoms. The largest absolute Gasteiger partial charge is 0.309 e. The molecule has 0 saturated heterocycles. The van der Waals surface area contributed by atoms with Crippen LogP contribution in [0.1, 0.15) is 19.4 Å². The Labute approximate surface area is 164 Å². The van der Waals surface area contributed by atoms with Crippen molar-refractivity contribution in [2.75, 3.05) is 9.62 Å². The van der Waals surface area contributed by atoms with Crippen molar-refractivity contribution in [1.82, 2.24) is 0 Å². The van der Waals surface area contributed by atoms with Gasteiger partial charge >= 0.3 is 0 Å². The first-order valence-electron chi connectivity index (χ1n) is 7.70. The summed E-state index contributed by atoms with van der Waals surface area (Å²) in [7, 11) is -4.01. The summed E-state index contributed by atoms with van der Waals surface area (Å²) in [6.07, 6.45) is 0.644. The van der Waals surface area contributed by atoms with Gasteiger partial charge in [-0.25, -0.2) is 12.8 Å². The number of fused-ring (bicyclic) bond motifs is 1. The lowest BCUT2D eigenvalue weighted by atomic mass is 10.1. The molecule has 0 saturated carbocycles. The lowest BCUT2D eigenvalue weighted by Crippen LogP contribution is -2.33. The zero-order valence-corrected chi connectivity index (χ0v) is 17.0. The number of carbonyl (C=O) groups excluding carboxylic acids is 1. The van der Waals surface area contributed by atoms with Crippen LogP contribution in [0.4, 0.5) is 15.8 Å². The van der Waals surface area contributed by atoms with E-state index in [0.717, 1.165) is 17.7 Å². The number of hydrogen-bond donors (Lipinski definition) is 1. The molecule has 3 rings (SSSR count). The molecule has 1 N–H and O–H groups in total. The molecule has 0 aromatic heterocycles. The Balaban J connectivity index is 2.05. The van der Waals surface area contributed by atoms with Gasteiger partial charge < -0.3 is 4.90 Å². The van der Waals surface area contributed by atoms with Gasteiger partial charge in [0.25, 0.3) is 10.0 Å². The molecule has 1 aliphatic heterocycles. The maximum atomic E-state index is 13.2. The van der Waals surface area contributed by atoms with Crippen LogP contribution in [0.25, 0.3) is 0 Å². The van der Waals surface area contributed by atoms with E-state index in [1.807, 2.05) is 6.92 Å². The fourth-order valence-electron chi connectivity index (χ4n) is 3.08. The molecule has 1 amide bonds. The Hall–Kier alpha value is -1.64. The fraction of sp³-hybridized carbons (Fsp3) is 0.235. The summed E-state index contributed by atoms with van der Waals surface area (Å²) in [5.74, 6) is -0.723. The van der Waals surface area contributed by atoms with Gasteiger partial charge in [0.1, 0.15) is 10.7 Å². The third-order valence-corrected chi connectivity index (χ3v) is 6.79. The van der Waals surface area contributed by atoms with Crippen LogP contribution in [-0.2, 0) is 21.2 Å². The maximum Gasteiger partial charge on any atom is 0.263 e. The van der Waals surface area contributed by atoms with E-state index < -0.39 is 15.8 Å². The van der Waals surface area contributed by atoms with E-state index in [1.165, 1.54) is 19.1 Å². The molecule has 1 atom stereocenters. The number of carbonyl (C=O) groups is 1. The summed E-state index contributed by atoms with van der Waals surface area (Å²) in [5, 5.41) is -0.0511. The maximum absolute atomic E-state index is 13.2. The van der Waals surface area contributed by atoms with Crippen LogP contribution in [0.2, 0.25) is 5.02 Å². The summed E-state index contributed by atoms with van der Waals surface area (Å²) < 4.78 is 41.5. The zero-order valence-electron chi connectivity index (χ0n) is 13.9. The molecule has 0 radical (unpaired) electrons. The summed E-state index contributed by atoms with van der Waals surface area (Å²) in [6.45, 7) is 3.35. The summed E-state index contributed by atoms with van der Waals surface area (Å²) in [6, 6.07) is 6.50. The molecule has 2 aromatic rings. The summed E-state index contributed by atoms with van der Waals surface area (Å²) >= 11 is 9.20. The van der Waals surface area contributed by atoms with E-state index in [0.29, 0.717) is 16.6 Å². The minimum absolute atomic E-state index is 0.0306. The minimum atomic E-state index is -4.01. The van der Waals surface area contributed by atoms with Crippen LogP contribution in [-0.4, -0.2) is 20.4 Å².